The summed E-state index contributed by atoms with van der Waals surface area (Å²) < 4.78 is 6.87. The van der Waals surface area contributed by atoms with Crippen LogP contribution in [0.15, 0.2) is 48.5 Å². The van der Waals surface area contributed by atoms with Crippen LogP contribution in [0.2, 0.25) is 0 Å². The average molecular weight is 379 g/mol. The maximum Gasteiger partial charge on any atom is 0.308 e. The Kier molecular flexibility index (Phi) is 6.09. The van der Waals surface area contributed by atoms with E-state index in [2.05, 4.69) is 10.4 Å². The van der Waals surface area contributed by atoms with Crippen LogP contribution in [0, 0.1) is 13.8 Å². The van der Waals surface area contributed by atoms with Crippen LogP contribution in [0.3, 0.4) is 0 Å². The molecular formula is C22H25N3O3. The van der Waals surface area contributed by atoms with Crippen molar-refractivity contribution in [2.45, 2.75) is 39.8 Å². The highest BCUT2D eigenvalue weighted by molar-refractivity contribution is 5.87. The molecule has 1 aromatic heterocycles. The van der Waals surface area contributed by atoms with Gasteiger partial charge in [-0.3, -0.25) is 14.3 Å². The number of carbonyl (C=O) groups excluding carboxylic acids is 2. The number of amides is 1. The third-order valence-corrected chi connectivity index (χ3v) is 4.66. The Hall–Kier alpha value is -3.15. The highest BCUT2D eigenvalue weighted by Crippen LogP contribution is 2.23. The second-order valence-electron chi connectivity index (χ2n) is 6.92. The van der Waals surface area contributed by atoms with Crippen molar-refractivity contribution in [2.24, 2.45) is 0 Å². The van der Waals surface area contributed by atoms with Gasteiger partial charge >= 0.3 is 5.97 Å². The zero-order valence-electron chi connectivity index (χ0n) is 16.4. The maximum atomic E-state index is 12.2. The van der Waals surface area contributed by atoms with E-state index in [1.54, 1.807) is 4.68 Å². The summed E-state index contributed by atoms with van der Waals surface area (Å²) in [6, 6.07) is 15.8. The SMILES string of the molecule is Cc1cc(C)n(CCC(=O)OCC(=O)NC(C)c2cccc3ccccc23)n1. The van der Waals surface area contributed by atoms with Crippen molar-refractivity contribution in [1.29, 1.82) is 0 Å². The number of fused-ring (bicyclic) bond motifs is 1. The van der Waals surface area contributed by atoms with Gasteiger partial charge in [0.05, 0.1) is 24.7 Å². The lowest BCUT2D eigenvalue weighted by atomic mass is 10.00. The van der Waals surface area contributed by atoms with Gasteiger partial charge in [0.2, 0.25) is 0 Å². The van der Waals surface area contributed by atoms with E-state index < -0.39 is 5.97 Å². The van der Waals surface area contributed by atoms with E-state index in [4.69, 9.17) is 4.74 Å². The van der Waals surface area contributed by atoms with Crippen LogP contribution in [0.5, 0.6) is 0 Å². The number of carbonyl (C=O) groups is 2. The van der Waals surface area contributed by atoms with E-state index >= 15 is 0 Å². The summed E-state index contributed by atoms with van der Waals surface area (Å²) in [5.41, 5.74) is 2.93. The molecule has 2 aromatic carbocycles. The second kappa shape index (κ2) is 8.69. The second-order valence-corrected chi connectivity index (χ2v) is 6.92. The van der Waals surface area contributed by atoms with Crippen LogP contribution in [0.25, 0.3) is 10.8 Å². The third kappa shape index (κ3) is 4.76. The number of nitrogens with zero attached hydrogens (tertiary/aromatic N) is 2. The Labute approximate surface area is 164 Å². The fraction of sp³-hybridized carbons (Fsp3) is 0.318. The molecule has 0 saturated carbocycles. The molecule has 0 radical (unpaired) electrons. The van der Waals surface area contributed by atoms with E-state index in [0.717, 1.165) is 27.7 Å². The number of esters is 1. The molecule has 6 heteroatoms. The average Bonchev–Trinajstić information content (AvgIpc) is 3.01. The fourth-order valence-corrected chi connectivity index (χ4v) is 3.31. The zero-order chi connectivity index (χ0) is 20.1. The molecule has 1 N–H and O–H groups in total. The van der Waals surface area contributed by atoms with E-state index in [1.807, 2.05) is 69.3 Å². The van der Waals surface area contributed by atoms with E-state index in [1.165, 1.54) is 0 Å². The lowest BCUT2D eigenvalue weighted by Crippen LogP contribution is -2.31. The largest absolute Gasteiger partial charge is 0.456 e. The minimum Gasteiger partial charge on any atom is -0.456 e. The Morgan fingerprint density at radius 3 is 2.64 bits per heavy atom. The summed E-state index contributed by atoms with van der Waals surface area (Å²) in [4.78, 5) is 24.1. The number of nitrogens with one attached hydrogen (secondary N) is 1. The number of rotatable bonds is 7. The van der Waals surface area contributed by atoms with Gasteiger partial charge in [0.25, 0.3) is 5.91 Å². The van der Waals surface area contributed by atoms with Crippen LogP contribution in [0.4, 0.5) is 0 Å². The number of aryl methyl sites for hydroxylation is 3. The van der Waals surface area contributed by atoms with E-state index in [0.29, 0.717) is 6.54 Å². The first-order chi connectivity index (χ1) is 13.4. The normalized spacial score (nSPS) is 12.0. The molecule has 3 rings (SSSR count). The van der Waals surface area contributed by atoms with Crippen LogP contribution in [0.1, 0.15) is 36.3 Å². The Morgan fingerprint density at radius 1 is 1.14 bits per heavy atom. The molecule has 0 saturated heterocycles. The molecule has 0 aliphatic heterocycles. The molecular weight excluding hydrogens is 354 g/mol. The first kappa shape index (κ1) is 19.6. The fourth-order valence-electron chi connectivity index (χ4n) is 3.31. The summed E-state index contributed by atoms with van der Waals surface area (Å²) in [6.07, 6.45) is 0.175. The topological polar surface area (TPSA) is 73.2 Å². The van der Waals surface area contributed by atoms with Gasteiger partial charge in [-0.15, -0.1) is 0 Å². The molecule has 0 spiro atoms. The molecule has 6 nitrogen and oxygen atoms in total. The lowest BCUT2D eigenvalue weighted by Gasteiger charge is -2.16. The molecule has 146 valence electrons. The molecule has 0 bridgehead atoms. The van der Waals surface area contributed by atoms with Crippen molar-refractivity contribution in [3.05, 3.63) is 65.5 Å². The smallest absolute Gasteiger partial charge is 0.308 e. The number of hydrogen-bond acceptors (Lipinski definition) is 4. The molecule has 28 heavy (non-hydrogen) atoms. The molecule has 0 aliphatic carbocycles. The van der Waals surface area contributed by atoms with Gasteiger partial charge in [0, 0.05) is 5.69 Å². The van der Waals surface area contributed by atoms with Gasteiger partial charge in [-0.25, -0.2) is 0 Å². The number of benzene rings is 2. The van der Waals surface area contributed by atoms with Gasteiger partial charge in [0.15, 0.2) is 6.61 Å². The first-order valence-corrected chi connectivity index (χ1v) is 9.38. The van der Waals surface area contributed by atoms with Gasteiger partial charge in [-0.1, -0.05) is 42.5 Å². The molecule has 1 atom stereocenters. The summed E-state index contributed by atoms with van der Waals surface area (Å²) in [5.74, 6) is -0.736. The number of ether oxygens (including phenoxy) is 1. The molecule has 1 heterocycles. The summed E-state index contributed by atoms with van der Waals surface area (Å²) >= 11 is 0. The summed E-state index contributed by atoms with van der Waals surface area (Å²) in [6.45, 7) is 5.92. The highest BCUT2D eigenvalue weighted by atomic mass is 16.5. The van der Waals surface area contributed by atoms with Crippen molar-refractivity contribution >= 4 is 22.6 Å². The van der Waals surface area contributed by atoms with E-state index in [9.17, 15) is 9.59 Å². The van der Waals surface area contributed by atoms with Crippen molar-refractivity contribution in [3.8, 4) is 0 Å². The first-order valence-electron chi connectivity index (χ1n) is 9.38. The van der Waals surface area contributed by atoms with Crippen molar-refractivity contribution in [3.63, 3.8) is 0 Å². The Morgan fingerprint density at radius 2 is 1.89 bits per heavy atom. The predicted molar refractivity (Wildman–Crippen MR) is 108 cm³/mol. The maximum absolute atomic E-state index is 12.2. The number of hydrogen-bond donors (Lipinski definition) is 1. The van der Waals surface area contributed by atoms with Gasteiger partial charge < -0.3 is 10.1 Å². The zero-order valence-corrected chi connectivity index (χ0v) is 16.4. The highest BCUT2D eigenvalue weighted by Gasteiger charge is 2.14. The lowest BCUT2D eigenvalue weighted by molar-refractivity contribution is -0.149. The van der Waals surface area contributed by atoms with E-state index in [-0.39, 0.29) is 25.0 Å². The minimum atomic E-state index is -0.416. The van der Waals surface area contributed by atoms with Crippen molar-refractivity contribution in [1.82, 2.24) is 15.1 Å². The summed E-state index contributed by atoms with van der Waals surface area (Å²) in [7, 11) is 0. The molecule has 1 amide bonds. The third-order valence-electron chi connectivity index (χ3n) is 4.66. The van der Waals surface area contributed by atoms with Crippen LogP contribution in [-0.4, -0.2) is 28.3 Å². The Bertz CT molecular complexity index is 988. The standard InChI is InChI=1S/C22H25N3O3/c1-15-13-16(2)25(24-15)12-11-22(27)28-14-21(26)23-17(3)19-10-6-8-18-7-4-5-9-20(18)19/h4-10,13,17H,11-12,14H2,1-3H3,(H,23,26). The van der Waals surface area contributed by atoms with Crippen LogP contribution < -0.4 is 5.32 Å². The van der Waals surface area contributed by atoms with Gasteiger partial charge in [-0.05, 0) is 43.2 Å². The summed E-state index contributed by atoms with van der Waals surface area (Å²) in [5, 5.41) is 9.42. The monoisotopic (exact) mass is 379 g/mol. The van der Waals surface area contributed by atoms with Gasteiger partial charge in [-0.2, -0.15) is 5.10 Å². The molecule has 0 fully saturated rings. The van der Waals surface area contributed by atoms with Crippen LogP contribution in [-0.2, 0) is 20.9 Å². The number of aromatic nitrogens is 2. The molecule has 3 aromatic rings. The van der Waals surface area contributed by atoms with Crippen LogP contribution >= 0.6 is 0 Å². The predicted octanol–water partition coefficient (Wildman–Crippen LogP) is 3.46. The van der Waals surface area contributed by atoms with Crippen molar-refractivity contribution in [2.75, 3.05) is 6.61 Å². The molecule has 1 unspecified atom stereocenters. The molecule has 0 aliphatic rings. The van der Waals surface area contributed by atoms with Crippen molar-refractivity contribution < 1.29 is 14.3 Å². The van der Waals surface area contributed by atoms with Gasteiger partial charge in [0.1, 0.15) is 0 Å². The quantitative estimate of drug-likeness (QED) is 0.638. The Balaban J connectivity index is 1.49. The minimum absolute atomic E-state index is 0.175.